The highest BCUT2D eigenvalue weighted by Crippen LogP contribution is 2.38. The maximum Gasteiger partial charge on any atom is 0.161 e. The third-order valence-electron chi connectivity index (χ3n) is 4.08. The monoisotopic (exact) mass is 281 g/mol. The van der Waals surface area contributed by atoms with Crippen LogP contribution in [0.2, 0.25) is 0 Å². The summed E-state index contributed by atoms with van der Waals surface area (Å²) >= 11 is 0. The fraction of sp³-hybridized carbons (Fsp3) is 0.600. The first-order valence-corrected chi connectivity index (χ1v) is 6.77. The first-order valence-electron chi connectivity index (χ1n) is 6.77. The second-order valence-corrected chi connectivity index (χ2v) is 4.97. The van der Waals surface area contributed by atoms with Gasteiger partial charge in [0.25, 0.3) is 0 Å². The smallest absolute Gasteiger partial charge is 0.161 e. The van der Waals surface area contributed by atoms with Gasteiger partial charge in [-0.15, -0.1) is 0 Å². The van der Waals surface area contributed by atoms with Gasteiger partial charge in [0, 0.05) is 33.2 Å². The molecule has 2 N–H and O–H groups in total. The molecule has 0 spiro atoms. The summed E-state index contributed by atoms with van der Waals surface area (Å²) in [6, 6.07) is 5.52. The molecular weight excluding hydrogens is 258 g/mol. The van der Waals surface area contributed by atoms with E-state index in [0.29, 0.717) is 24.7 Å². The molecule has 5 nitrogen and oxygen atoms in total. The van der Waals surface area contributed by atoms with Crippen molar-refractivity contribution in [3.63, 3.8) is 0 Å². The summed E-state index contributed by atoms with van der Waals surface area (Å²) < 4.78 is 21.7. The number of hydrogen-bond acceptors (Lipinski definition) is 5. The van der Waals surface area contributed by atoms with Gasteiger partial charge in [-0.1, -0.05) is 6.07 Å². The summed E-state index contributed by atoms with van der Waals surface area (Å²) in [6.07, 6.45) is 1.58. The molecule has 0 saturated carbocycles. The predicted octanol–water partition coefficient (Wildman–Crippen LogP) is 1.90. The van der Waals surface area contributed by atoms with Crippen molar-refractivity contribution >= 4 is 0 Å². The molecule has 1 fully saturated rings. The van der Waals surface area contributed by atoms with E-state index < -0.39 is 0 Å². The first kappa shape index (κ1) is 15.1. The topological polar surface area (TPSA) is 62.9 Å². The maximum absolute atomic E-state index is 6.45. The normalized spacial score (nSPS) is 19.4. The van der Waals surface area contributed by atoms with Crippen LogP contribution in [0.15, 0.2) is 18.2 Å². The minimum atomic E-state index is -0.377. The number of ether oxygens (including phenoxy) is 4. The number of rotatable bonds is 5. The van der Waals surface area contributed by atoms with Crippen molar-refractivity contribution in [3.05, 3.63) is 23.8 Å². The van der Waals surface area contributed by atoms with E-state index in [0.717, 1.165) is 18.4 Å². The van der Waals surface area contributed by atoms with Crippen LogP contribution in [0.1, 0.15) is 24.4 Å². The second-order valence-electron chi connectivity index (χ2n) is 4.97. The van der Waals surface area contributed by atoms with Crippen molar-refractivity contribution in [2.45, 2.75) is 24.5 Å². The lowest BCUT2D eigenvalue weighted by Crippen LogP contribution is -2.47. The Morgan fingerprint density at radius 1 is 1.10 bits per heavy atom. The Morgan fingerprint density at radius 2 is 1.75 bits per heavy atom. The Kier molecular flexibility index (Phi) is 4.86. The lowest BCUT2D eigenvalue weighted by molar-refractivity contribution is -0.105. The standard InChI is InChI=1S/C15H23NO4/c1-17-12-5-4-11(10-13(12)18-2)14(16)15(19-3)6-8-20-9-7-15/h4-5,10,14H,6-9,16H2,1-3H3. The van der Waals surface area contributed by atoms with E-state index in [-0.39, 0.29) is 11.6 Å². The highest BCUT2D eigenvalue weighted by atomic mass is 16.5. The molecule has 1 saturated heterocycles. The molecule has 5 heteroatoms. The molecule has 0 aromatic heterocycles. The highest BCUT2D eigenvalue weighted by molar-refractivity contribution is 5.44. The Morgan fingerprint density at radius 3 is 2.30 bits per heavy atom. The molecule has 2 rings (SSSR count). The van der Waals surface area contributed by atoms with E-state index in [4.69, 9.17) is 24.7 Å². The fourth-order valence-electron chi connectivity index (χ4n) is 2.71. The van der Waals surface area contributed by atoms with E-state index in [9.17, 15) is 0 Å². The Bertz CT molecular complexity index is 443. The van der Waals surface area contributed by atoms with Gasteiger partial charge < -0.3 is 24.7 Å². The summed E-state index contributed by atoms with van der Waals surface area (Å²) in [5.74, 6) is 1.38. The van der Waals surface area contributed by atoms with Crippen molar-refractivity contribution < 1.29 is 18.9 Å². The Hall–Kier alpha value is -1.30. The molecule has 0 radical (unpaired) electrons. The SMILES string of the molecule is COc1ccc(C(N)C2(OC)CCOCC2)cc1OC. The zero-order valence-corrected chi connectivity index (χ0v) is 12.3. The average molecular weight is 281 g/mol. The summed E-state index contributed by atoms with van der Waals surface area (Å²) in [4.78, 5) is 0. The maximum atomic E-state index is 6.45. The predicted molar refractivity (Wildman–Crippen MR) is 76.3 cm³/mol. The van der Waals surface area contributed by atoms with E-state index in [1.54, 1.807) is 21.3 Å². The van der Waals surface area contributed by atoms with Crippen LogP contribution in [-0.2, 0) is 9.47 Å². The van der Waals surface area contributed by atoms with E-state index in [1.165, 1.54) is 0 Å². The first-order chi connectivity index (χ1) is 9.66. The fourth-order valence-corrected chi connectivity index (χ4v) is 2.71. The van der Waals surface area contributed by atoms with Crippen LogP contribution in [0.4, 0.5) is 0 Å². The van der Waals surface area contributed by atoms with Gasteiger partial charge in [-0.3, -0.25) is 0 Å². The van der Waals surface area contributed by atoms with Crippen molar-refractivity contribution in [3.8, 4) is 11.5 Å². The summed E-state index contributed by atoms with van der Waals surface area (Å²) in [7, 11) is 4.95. The molecule has 1 unspecified atom stereocenters. The molecule has 0 aliphatic carbocycles. The Labute approximate surface area is 120 Å². The molecule has 0 amide bonds. The van der Waals surface area contributed by atoms with Crippen molar-refractivity contribution in [1.29, 1.82) is 0 Å². The van der Waals surface area contributed by atoms with Crippen molar-refractivity contribution in [2.75, 3.05) is 34.5 Å². The minimum Gasteiger partial charge on any atom is -0.493 e. The molecular formula is C15H23NO4. The van der Waals surface area contributed by atoms with Crippen LogP contribution in [-0.4, -0.2) is 40.1 Å². The quantitative estimate of drug-likeness (QED) is 0.893. The lowest BCUT2D eigenvalue weighted by Gasteiger charge is -2.40. The van der Waals surface area contributed by atoms with Gasteiger partial charge in [0.1, 0.15) is 0 Å². The number of nitrogens with two attached hydrogens (primary N) is 1. The van der Waals surface area contributed by atoms with Crippen LogP contribution in [0.25, 0.3) is 0 Å². The Balaban J connectivity index is 2.29. The third-order valence-corrected chi connectivity index (χ3v) is 4.08. The molecule has 20 heavy (non-hydrogen) atoms. The van der Waals surface area contributed by atoms with Gasteiger partial charge >= 0.3 is 0 Å². The third kappa shape index (κ3) is 2.75. The van der Waals surface area contributed by atoms with E-state index >= 15 is 0 Å². The molecule has 1 aromatic carbocycles. The van der Waals surface area contributed by atoms with Crippen molar-refractivity contribution in [1.82, 2.24) is 0 Å². The van der Waals surface area contributed by atoms with Gasteiger partial charge in [0.15, 0.2) is 11.5 Å². The molecule has 1 heterocycles. The number of methoxy groups -OCH3 is 3. The summed E-state index contributed by atoms with van der Waals surface area (Å²) in [6.45, 7) is 1.35. The van der Waals surface area contributed by atoms with E-state index in [2.05, 4.69) is 0 Å². The summed E-state index contributed by atoms with van der Waals surface area (Å²) in [5, 5.41) is 0. The molecule has 1 aliphatic heterocycles. The molecule has 1 aliphatic rings. The highest BCUT2D eigenvalue weighted by Gasteiger charge is 2.39. The van der Waals surface area contributed by atoms with Crippen LogP contribution < -0.4 is 15.2 Å². The van der Waals surface area contributed by atoms with Crippen LogP contribution in [0.3, 0.4) is 0 Å². The van der Waals surface area contributed by atoms with Gasteiger partial charge in [0.05, 0.1) is 25.9 Å². The second kappa shape index (κ2) is 6.43. The minimum absolute atomic E-state index is 0.226. The zero-order valence-electron chi connectivity index (χ0n) is 12.3. The van der Waals surface area contributed by atoms with Crippen molar-refractivity contribution in [2.24, 2.45) is 5.73 Å². The van der Waals surface area contributed by atoms with Gasteiger partial charge in [-0.25, -0.2) is 0 Å². The molecule has 0 bridgehead atoms. The van der Waals surface area contributed by atoms with Gasteiger partial charge in [0.2, 0.25) is 0 Å². The van der Waals surface area contributed by atoms with Crippen LogP contribution in [0, 0.1) is 0 Å². The summed E-state index contributed by atoms with van der Waals surface area (Å²) in [5.41, 5.74) is 7.05. The molecule has 112 valence electrons. The van der Waals surface area contributed by atoms with Gasteiger partial charge in [-0.05, 0) is 17.7 Å². The van der Waals surface area contributed by atoms with Gasteiger partial charge in [-0.2, -0.15) is 0 Å². The number of benzene rings is 1. The zero-order chi connectivity index (χ0) is 14.6. The molecule has 1 aromatic rings. The van der Waals surface area contributed by atoms with E-state index in [1.807, 2.05) is 18.2 Å². The lowest BCUT2D eigenvalue weighted by atomic mass is 9.82. The average Bonchev–Trinajstić information content (AvgIpc) is 2.54. The largest absolute Gasteiger partial charge is 0.493 e. The number of hydrogen-bond donors (Lipinski definition) is 1. The van der Waals surface area contributed by atoms with Crippen LogP contribution >= 0.6 is 0 Å². The molecule has 1 atom stereocenters. The van der Waals surface area contributed by atoms with Crippen LogP contribution in [0.5, 0.6) is 11.5 Å².